The first-order valence-electron chi connectivity index (χ1n) is 8.92. The number of hydrogen-bond donors (Lipinski definition) is 0. The van der Waals surface area contributed by atoms with Gasteiger partial charge in [-0.25, -0.2) is 0 Å². The highest BCUT2D eigenvalue weighted by molar-refractivity contribution is 5.87. The van der Waals surface area contributed by atoms with Crippen molar-refractivity contribution in [1.82, 2.24) is 9.80 Å². The van der Waals surface area contributed by atoms with Crippen LogP contribution in [0.25, 0.3) is 0 Å². The normalized spacial score (nSPS) is 23.2. The van der Waals surface area contributed by atoms with Gasteiger partial charge < -0.3 is 9.64 Å². The van der Waals surface area contributed by atoms with E-state index in [0.717, 1.165) is 25.9 Å². The molecule has 1 unspecified atom stereocenters. The van der Waals surface area contributed by atoms with Crippen LogP contribution in [0.1, 0.15) is 47.5 Å². The first-order chi connectivity index (χ1) is 11.2. The van der Waals surface area contributed by atoms with Gasteiger partial charge in [-0.3, -0.25) is 9.69 Å². The number of allylic oxidation sites excluding steroid dienone is 5. The lowest BCUT2D eigenvalue weighted by atomic mass is 9.79. The predicted molar refractivity (Wildman–Crippen MR) is 98.4 cm³/mol. The molecule has 134 valence electrons. The summed E-state index contributed by atoms with van der Waals surface area (Å²) in [4.78, 5) is 16.1. The fraction of sp³-hybridized carbons (Fsp3) is 0.650. The highest BCUT2D eigenvalue weighted by atomic mass is 16.5. The van der Waals surface area contributed by atoms with Crippen molar-refractivity contribution in [3.8, 4) is 0 Å². The second-order valence-corrected chi connectivity index (χ2v) is 7.63. The van der Waals surface area contributed by atoms with Crippen LogP contribution in [-0.4, -0.2) is 48.5 Å². The van der Waals surface area contributed by atoms with Gasteiger partial charge in [0.1, 0.15) is 0 Å². The third kappa shape index (κ3) is 4.29. The highest BCUT2D eigenvalue weighted by Gasteiger charge is 2.35. The average molecular weight is 332 g/mol. The molecule has 0 radical (unpaired) electrons. The van der Waals surface area contributed by atoms with E-state index in [4.69, 9.17) is 4.74 Å². The second-order valence-electron chi connectivity index (χ2n) is 7.63. The van der Waals surface area contributed by atoms with Crippen molar-refractivity contribution in [3.63, 3.8) is 0 Å². The standard InChI is InChI=1S/C20H32N2O2/c1-15(23)13-16(2)24-14-20(4,5)18-9-7-8-10-19(18)22-12-11-21(6)17(22)3/h9-10,13,17H,7-8,11-12,14H2,1-6H3. The van der Waals surface area contributed by atoms with E-state index in [-0.39, 0.29) is 11.2 Å². The molecular weight excluding hydrogens is 300 g/mol. The third-order valence-corrected chi connectivity index (χ3v) is 5.02. The molecule has 0 N–H and O–H groups in total. The maximum atomic E-state index is 11.2. The number of carbonyl (C=O) groups is 1. The molecular formula is C20H32N2O2. The van der Waals surface area contributed by atoms with Gasteiger partial charge in [0, 0.05) is 30.3 Å². The number of nitrogens with zero attached hydrogens (tertiary/aromatic N) is 2. The first kappa shape index (κ1) is 18.8. The van der Waals surface area contributed by atoms with Crippen LogP contribution in [0.4, 0.5) is 0 Å². The zero-order valence-corrected chi connectivity index (χ0v) is 16.1. The Morgan fingerprint density at radius 2 is 1.96 bits per heavy atom. The molecule has 0 amide bonds. The Balaban J connectivity index is 2.13. The van der Waals surface area contributed by atoms with Crippen molar-refractivity contribution >= 4 is 5.78 Å². The number of hydrogen-bond acceptors (Lipinski definition) is 4. The van der Waals surface area contributed by atoms with Crippen LogP contribution in [0.15, 0.2) is 35.3 Å². The van der Waals surface area contributed by atoms with E-state index in [1.165, 1.54) is 11.3 Å². The number of carbonyl (C=O) groups excluding carboxylic acids is 1. The minimum Gasteiger partial charge on any atom is -0.497 e. The monoisotopic (exact) mass is 332 g/mol. The summed E-state index contributed by atoms with van der Waals surface area (Å²) in [5.74, 6) is 0.712. The zero-order chi connectivity index (χ0) is 17.9. The molecule has 2 rings (SSSR count). The summed E-state index contributed by atoms with van der Waals surface area (Å²) in [6, 6.07) is 0. The van der Waals surface area contributed by atoms with E-state index in [9.17, 15) is 4.79 Å². The minimum atomic E-state index is -0.0982. The summed E-state index contributed by atoms with van der Waals surface area (Å²) >= 11 is 0. The van der Waals surface area contributed by atoms with Crippen molar-refractivity contribution in [2.75, 3.05) is 26.7 Å². The largest absolute Gasteiger partial charge is 0.497 e. The van der Waals surface area contributed by atoms with Crippen molar-refractivity contribution < 1.29 is 9.53 Å². The van der Waals surface area contributed by atoms with Crippen LogP contribution < -0.4 is 0 Å². The number of rotatable bonds is 6. The zero-order valence-electron chi connectivity index (χ0n) is 16.1. The lowest BCUT2D eigenvalue weighted by Crippen LogP contribution is -2.37. The van der Waals surface area contributed by atoms with Crippen molar-refractivity contribution in [2.24, 2.45) is 5.41 Å². The SMILES string of the molecule is CC(=O)C=C(C)OCC(C)(C)C1=CCCC=C1N1CCN(C)C1C. The van der Waals surface area contributed by atoms with Gasteiger partial charge >= 0.3 is 0 Å². The van der Waals surface area contributed by atoms with Gasteiger partial charge in [0.25, 0.3) is 0 Å². The Morgan fingerprint density at radius 1 is 1.29 bits per heavy atom. The van der Waals surface area contributed by atoms with Crippen LogP contribution >= 0.6 is 0 Å². The van der Waals surface area contributed by atoms with Crippen LogP contribution in [0, 0.1) is 5.41 Å². The average Bonchev–Trinajstić information content (AvgIpc) is 2.84. The Labute approximate surface area is 146 Å². The van der Waals surface area contributed by atoms with Crippen molar-refractivity contribution in [1.29, 1.82) is 0 Å². The Morgan fingerprint density at radius 3 is 2.54 bits per heavy atom. The van der Waals surface area contributed by atoms with E-state index in [2.05, 4.69) is 49.8 Å². The van der Waals surface area contributed by atoms with E-state index < -0.39 is 0 Å². The molecule has 1 heterocycles. The third-order valence-electron chi connectivity index (χ3n) is 5.02. The second kappa shape index (κ2) is 7.56. The summed E-state index contributed by atoms with van der Waals surface area (Å²) < 4.78 is 5.87. The molecule has 1 fully saturated rings. The van der Waals surface area contributed by atoms with E-state index in [1.54, 1.807) is 13.0 Å². The lowest BCUT2D eigenvalue weighted by Gasteiger charge is -2.38. The fourth-order valence-corrected chi connectivity index (χ4v) is 3.46. The molecule has 1 aliphatic carbocycles. The van der Waals surface area contributed by atoms with Crippen LogP contribution in [-0.2, 0) is 9.53 Å². The van der Waals surface area contributed by atoms with Crippen LogP contribution in [0.2, 0.25) is 0 Å². The molecule has 0 aromatic carbocycles. The maximum Gasteiger partial charge on any atom is 0.155 e. The molecule has 1 aliphatic heterocycles. The molecule has 0 aromatic heterocycles. The van der Waals surface area contributed by atoms with Gasteiger partial charge in [-0.1, -0.05) is 26.0 Å². The molecule has 24 heavy (non-hydrogen) atoms. The molecule has 4 nitrogen and oxygen atoms in total. The topological polar surface area (TPSA) is 32.8 Å². The predicted octanol–water partition coefficient (Wildman–Crippen LogP) is 3.72. The number of ether oxygens (including phenoxy) is 1. The van der Waals surface area contributed by atoms with Gasteiger partial charge in [-0.05, 0) is 46.2 Å². The first-order valence-corrected chi connectivity index (χ1v) is 8.92. The van der Waals surface area contributed by atoms with Gasteiger partial charge in [0.15, 0.2) is 5.78 Å². The van der Waals surface area contributed by atoms with E-state index in [0.29, 0.717) is 18.5 Å². The summed E-state index contributed by atoms with van der Waals surface area (Å²) in [6.07, 6.45) is 8.92. The minimum absolute atomic E-state index is 0.0247. The number of ketones is 1. The lowest BCUT2D eigenvalue weighted by molar-refractivity contribution is -0.112. The summed E-state index contributed by atoms with van der Waals surface area (Å²) in [5.41, 5.74) is 2.63. The maximum absolute atomic E-state index is 11.2. The molecule has 1 atom stereocenters. The summed E-state index contributed by atoms with van der Waals surface area (Å²) in [6.45, 7) is 12.9. The Hall–Kier alpha value is -1.55. The molecule has 0 saturated carbocycles. The van der Waals surface area contributed by atoms with Crippen LogP contribution in [0.3, 0.4) is 0 Å². The van der Waals surface area contributed by atoms with Gasteiger partial charge in [-0.2, -0.15) is 0 Å². The van der Waals surface area contributed by atoms with Crippen LogP contribution in [0.5, 0.6) is 0 Å². The highest BCUT2D eigenvalue weighted by Crippen LogP contribution is 2.39. The van der Waals surface area contributed by atoms with E-state index in [1.807, 2.05) is 6.92 Å². The smallest absolute Gasteiger partial charge is 0.155 e. The van der Waals surface area contributed by atoms with Gasteiger partial charge in [0.05, 0.1) is 18.5 Å². The molecule has 1 saturated heterocycles. The summed E-state index contributed by atoms with van der Waals surface area (Å²) in [5, 5.41) is 0. The molecule has 0 spiro atoms. The fourth-order valence-electron chi connectivity index (χ4n) is 3.46. The Kier molecular flexibility index (Phi) is 5.92. The van der Waals surface area contributed by atoms with Gasteiger partial charge in [0.2, 0.25) is 0 Å². The van der Waals surface area contributed by atoms with Crippen molar-refractivity contribution in [3.05, 3.63) is 35.3 Å². The van der Waals surface area contributed by atoms with Crippen molar-refractivity contribution in [2.45, 2.75) is 53.6 Å². The van der Waals surface area contributed by atoms with Gasteiger partial charge in [-0.15, -0.1) is 0 Å². The molecule has 0 bridgehead atoms. The number of likely N-dealkylation sites (N-methyl/N-ethyl adjacent to an activating group) is 1. The van der Waals surface area contributed by atoms with E-state index >= 15 is 0 Å². The molecule has 0 aromatic rings. The molecule has 4 heteroatoms. The quantitative estimate of drug-likeness (QED) is 0.548. The molecule has 2 aliphatic rings. The summed E-state index contributed by atoms with van der Waals surface area (Å²) in [7, 11) is 2.18. The Bertz CT molecular complexity index is 572.